The minimum atomic E-state index is 1.03. The molecule has 0 fully saturated rings. The van der Waals surface area contributed by atoms with Crippen LogP contribution in [0, 0.1) is 0 Å². The van der Waals surface area contributed by atoms with Gasteiger partial charge < -0.3 is 0 Å². The van der Waals surface area contributed by atoms with Crippen LogP contribution in [0.1, 0.15) is 11.1 Å². The van der Waals surface area contributed by atoms with Crippen LogP contribution in [0.3, 0.4) is 0 Å². The first kappa shape index (κ1) is 11.1. The monoisotopic (exact) mass is 266 g/mol. The highest BCUT2D eigenvalue weighted by molar-refractivity contribution is 6.10. The molecule has 98 valence electrons. The summed E-state index contributed by atoms with van der Waals surface area (Å²) in [5, 5.41) is 5.54. The van der Waals surface area contributed by atoms with Crippen molar-refractivity contribution in [1.82, 2.24) is 0 Å². The SMILES string of the molecule is c1ccc2c(c1)Cc1c3ccccc3cc3cccc-2c13. The van der Waals surface area contributed by atoms with Crippen LogP contribution in [-0.4, -0.2) is 0 Å². The Bertz CT molecular complexity index is 1010. The van der Waals surface area contributed by atoms with Gasteiger partial charge in [0, 0.05) is 0 Å². The summed E-state index contributed by atoms with van der Waals surface area (Å²) in [7, 11) is 0. The quantitative estimate of drug-likeness (QED) is 0.322. The van der Waals surface area contributed by atoms with Crippen molar-refractivity contribution in [3.63, 3.8) is 0 Å². The maximum absolute atomic E-state index is 2.33. The molecule has 0 saturated heterocycles. The van der Waals surface area contributed by atoms with Crippen molar-refractivity contribution in [3.8, 4) is 11.1 Å². The van der Waals surface area contributed by atoms with Crippen molar-refractivity contribution < 1.29 is 0 Å². The van der Waals surface area contributed by atoms with Crippen LogP contribution in [-0.2, 0) is 6.42 Å². The molecule has 21 heavy (non-hydrogen) atoms. The Labute approximate surface area is 123 Å². The Hall–Kier alpha value is -2.60. The molecule has 0 atom stereocenters. The molecule has 0 heterocycles. The van der Waals surface area contributed by atoms with Gasteiger partial charge in [0.15, 0.2) is 0 Å². The van der Waals surface area contributed by atoms with E-state index in [1.807, 2.05) is 0 Å². The van der Waals surface area contributed by atoms with Crippen LogP contribution in [0.2, 0.25) is 0 Å². The average Bonchev–Trinajstić information content (AvgIpc) is 2.55. The Morgan fingerprint density at radius 3 is 2.38 bits per heavy atom. The van der Waals surface area contributed by atoms with Gasteiger partial charge in [0.05, 0.1) is 0 Å². The highest BCUT2D eigenvalue weighted by atomic mass is 14.2. The van der Waals surface area contributed by atoms with E-state index in [-0.39, 0.29) is 0 Å². The van der Waals surface area contributed by atoms with Gasteiger partial charge in [0.2, 0.25) is 0 Å². The van der Waals surface area contributed by atoms with Crippen molar-refractivity contribution in [3.05, 3.63) is 83.9 Å². The van der Waals surface area contributed by atoms with Gasteiger partial charge in [0.25, 0.3) is 0 Å². The predicted octanol–water partition coefficient (Wildman–Crippen LogP) is 5.56. The lowest BCUT2D eigenvalue weighted by Gasteiger charge is -2.22. The van der Waals surface area contributed by atoms with Crippen LogP contribution in [0.5, 0.6) is 0 Å². The highest BCUT2D eigenvalue weighted by Gasteiger charge is 2.19. The maximum Gasteiger partial charge on any atom is -0.000706 e. The van der Waals surface area contributed by atoms with Gasteiger partial charge in [-0.2, -0.15) is 0 Å². The largest absolute Gasteiger partial charge is 0.0619 e. The normalized spacial score (nSPS) is 12.6. The smallest absolute Gasteiger partial charge is 0.000706 e. The summed E-state index contributed by atoms with van der Waals surface area (Å²) in [6, 6.07) is 26.6. The molecule has 0 aromatic heterocycles. The first-order valence-corrected chi connectivity index (χ1v) is 7.43. The Morgan fingerprint density at radius 2 is 1.38 bits per heavy atom. The Kier molecular flexibility index (Phi) is 2.09. The molecule has 0 radical (unpaired) electrons. The second-order valence-corrected chi connectivity index (χ2v) is 5.81. The molecular weight excluding hydrogens is 252 g/mol. The van der Waals surface area contributed by atoms with Crippen LogP contribution in [0.15, 0.2) is 72.8 Å². The van der Waals surface area contributed by atoms with Crippen molar-refractivity contribution >= 4 is 21.5 Å². The van der Waals surface area contributed by atoms with Crippen molar-refractivity contribution in [2.45, 2.75) is 6.42 Å². The lowest BCUT2D eigenvalue weighted by atomic mass is 9.81. The average molecular weight is 266 g/mol. The minimum Gasteiger partial charge on any atom is -0.0619 e. The second-order valence-electron chi connectivity index (χ2n) is 5.81. The van der Waals surface area contributed by atoms with E-state index in [9.17, 15) is 0 Å². The highest BCUT2D eigenvalue weighted by Crippen LogP contribution is 2.42. The van der Waals surface area contributed by atoms with Crippen molar-refractivity contribution in [1.29, 1.82) is 0 Å². The van der Waals surface area contributed by atoms with Gasteiger partial charge in [-0.05, 0) is 56.3 Å². The molecular formula is C21H14. The molecule has 1 aliphatic carbocycles. The standard InChI is InChI=1S/C21H14/c1-4-10-18-14(6-1)12-16-8-5-11-19-17-9-3-2-7-15(17)13-20(18)21(16)19/h1-12H,13H2. The summed E-state index contributed by atoms with van der Waals surface area (Å²) < 4.78 is 0. The summed E-state index contributed by atoms with van der Waals surface area (Å²) in [6.45, 7) is 0. The molecule has 0 saturated carbocycles. The van der Waals surface area contributed by atoms with E-state index < -0.39 is 0 Å². The molecule has 5 rings (SSSR count). The second kappa shape index (κ2) is 3.95. The minimum absolute atomic E-state index is 1.03. The summed E-state index contributed by atoms with van der Waals surface area (Å²) in [6.07, 6.45) is 1.03. The number of rotatable bonds is 0. The number of hydrogen-bond acceptors (Lipinski definition) is 0. The topological polar surface area (TPSA) is 0 Å². The first-order chi connectivity index (χ1) is 10.4. The molecule has 0 bridgehead atoms. The molecule has 0 nitrogen and oxygen atoms in total. The van der Waals surface area contributed by atoms with E-state index >= 15 is 0 Å². The van der Waals surface area contributed by atoms with E-state index in [1.54, 1.807) is 0 Å². The van der Waals surface area contributed by atoms with Gasteiger partial charge >= 0.3 is 0 Å². The molecule has 0 aliphatic heterocycles. The molecule has 4 aromatic carbocycles. The molecule has 1 aliphatic rings. The van der Waals surface area contributed by atoms with E-state index in [1.165, 1.54) is 43.8 Å². The third-order valence-electron chi connectivity index (χ3n) is 4.67. The van der Waals surface area contributed by atoms with E-state index in [2.05, 4.69) is 72.8 Å². The predicted molar refractivity (Wildman–Crippen MR) is 89.7 cm³/mol. The zero-order valence-electron chi connectivity index (χ0n) is 11.6. The molecule has 4 aromatic rings. The number of hydrogen-bond donors (Lipinski definition) is 0. The summed E-state index contributed by atoms with van der Waals surface area (Å²) in [5.41, 5.74) is 5.70. The zero-order valence-corrected chi connectivity index (χ0v) is 11.6. The van der Waals surface area contributed by atoms with Gasteiger partial charge in [-0.15, -0.1) is 0 Å². The van der Waals surface area contributed by atoms with Crippen LogP contribution < -0.4 is 0 Å². The fraction of sp³-hybridized carbons (Fsp3) is 0.0476. The number of fused-ring (bicyclic) bond motifs is 4. The van der Waals surface area contributed by atoms with Crippen LogP contribution in [0.25, 0.3) is 32.7 Å². The molecule has 0 heteroatoms. The Morgan fingerprint density at radius 1 is 0.619 bits per heavy atom. The lowest BCUT2D eigenvalue weighted by Crippen LogP contribution is -2.01. The Balaban J connectivity index is 2.05. The van der Waals surface area contributed by atoms with Gasteiger partial charge in [-0.25, -0.2) is 0 Å². The van der Waals surface area contributed by atoms with Crippen molar-refractivity contribution in [2.75, 3.05) is 0 Å². The molecule has 0 N–H and O–H groups in total. The molecule has 0 unspecified atom stereocenters. The summed E-state index contributed by atoms with van der Waals surface area (Å²) in [5.74, 6) is 0. The zero-order chi connectivity index (χ0) is 13.8. The third kappa shape index (κ3) is 1.45. The fourth-order valence-corrected chi connectivity index (χ4v) is 3.76. The number of benzene rings is 4. The van der Waals surface area contributed by atoms with Crippen molar-refractivity contribution in [2.24, 2.45) is 0 Å². The van der Waals surface area contributed by atoms with Crippen LogP contribution >= 0.6 is 0 Å². The van der Waals surface area contributed by atoms with Crippen LogP contribution in [0.4, 0.5) is 0 Å². The van der Waals surface area contributed by atoms with E-state index in [0.717, 1.165) is 6.42 Å². The third-order valence-corrected chi connectivity index (χ3v) is 4.67. The summed E-state index contributed by atoms with van der Waals surface area (Å²) >= 11 is 0. The van der Waals surface area contributed by atoms with Gasteiger partial charge in [-0.3, -0.25) is 0 Å². The maximum atomic E-state index is 2.33. The lowest BCUT2D eigenvalue weighted by molar-refractivity contribution is 1.22. The van der Waals surface area contributed by atoms with Gasteiger partial charge in [0.1, 0.15) is 0 Å². The van der Waals surface area contributed by atoms with E-state index in [4.69, 9.17) is 0 Å². The fourth-order valence-electron chi connectivity index (χ4n) is 3.76. The van der Waals surface area contributed by atoms with Gasteiger partial charge in [-0.1, -0.05) is 66.7 Å². The first-order valence-electron chi connectivity index (χ1n) is 7.43. The molecule has 0 amide bonds. The molecule has 0 spiro atoms. The summed E-state index contributed by atoms with van der Waals surface area (Å²) in [4.78, 5) is 0. The van der Waals surface area contributed by atoms with E-state index in [0.29, 0.717) is 0 Å².